The lowest BCUT2D eigenvalue weighted by molar-refractivity contribution is -0.107. The summed E-state index contributed by atoms with van der Waals surface area (Å²) < 4.78 is 11.8. The Labute approximate surface area is 145 Å². The maximum absolute atomic E-state index is 10.1. The minimum atomic E-state index is -0.502. The molecule has 0 amide bonds. The molecule has 6 nitrogen and oxygen atoms in total. The number of benzene rings is 1. The maximum Gasteiger partial charge on any atom is 0.226 e. The van der Waals surface area contributed by atoms with E-state index in [-0.39, 0.29) is 17.6 Å². The Balaban J connectivity index is 1.78. The topological polar surface area (TPSA) is 55.5 Å². The van der Waals surface area contributed by atoms with E-state index in [1.54, 1.807) is 13.4 Å². The van der Waals surface area contributed by atoms with Crippen LogP contribution in [0.5, 0.6) is 11.5 Å². The van der Waals surface area contributed by atoms with Crippen LogP contribution in [0.4, 0.5) is 0 Å². The minimum Gasteiger partial charge on any atom is -0.493 e. The third-order valence-corrected chi connectivity index (χ3v) is 5.79. The van der Waals surface area contributed by atoms with E-state index in [0.717, 1.165) is 23.3 Å². The molecular weight excluding hydrogens is 320 g/mol. The zero-order chi connectivity index (χ0) is 17.2. The molecule has 0 unspecified atom stereocenters. The highest BCUT2D eigenvalue weighted by molar-refractivity contribution is 5.62. The lowest BCUT2D eigenvalue weighted by atomic mass is 9.68. The lowest BCUT2D eigenvalue weighted by Gasteiger charge is -2.35. The van der Waals surface area contributed by atoms with Gasteiger partial charge in [-0.25, -0.2) is 4.85 Å². The molecule has 128 valence electrons. The van der Waals surface area contributed by atoms with Gasteiger partial charge in [0, 0.05) is 18.5 Å². The number of ether oxygens (including phenoxy) is 2. The molecule has 1 aliphatic carbocycles. The summed E-state index contributed by atoms with van der Waals surface area (Å²) in [7, 11) is 1.63. The van der Waals surface area contributed by atoms with Crippen LogP contribution in [0, 0.1) is 6.57 Å². The summed E-state index contributed by atoms with van der Waals surface area (Å²) in [4.78, 5) is 9.33. The molecule has 0 bridgehead atoms. The van der Waals surface area contributed by atoms with Crippen molar-refractivity contribution in [3.05, 3.63) is 58.8 Å². The Morgan fingerprint density at radius 1 is 1.44 bits per heavy atom. The SMILES string of the molecule is [C-]#[N+]C1=CON2CC[C@@]34C=C[C@H](O)C[C@@H]3Oc3c(OC)ccc(c34)[C@H]12. The molecule has 3 aliphatic heterocycles. The smallest absolute Gasteiger partial charge is 0.226 e. The normalized spacial score (nSPS) is 34.6. The molecule has 0 saturated carbocycles. The first-order valence-electron chi connectivity index (χ1n) is 8.44. The van der Waals surface area contributed by atoms with E-state index in [2.05, 4.69) is 10.9 Å². The lowest BCUT2D eigenvalue weighted by Crippen LogP contribution is -2.42. The molecule has 4 aliphatic rings. The Kier molecular flexibility index (Phi) is 2.97. The van der Waals surface area contributed by atoms with E-state index in [1.165, 1.54) is 0 Å². The average Bonchev–Trinajstić information content (AvgIpc) is 3.14. The van der Waals surface area contributed by atoms with Gasteiger partial charge < -0.3 is 19.4 Å². The molecule has 5 rings (SSSR count). The number of hydroxylamine groups is 2. The van der Waals surface area contributed by atoms with Gasteiger partial charge in [0.25, 0.3) is 0 Å². The molecule has 0 saturated heterocycles. The van der Waals surface area contributed by atoms with Gasteiger partial charge in [0.1, 0.15) is 18.4 Å². The zero-order valence-corrected chi connectivity index (χ0v) is 13.8. The molecule has 1 aromatic rings. The van der Waals surface area contributed by atoms with E-state index in [0.29, 0.717) is 24.4 Å². The van der Waals surface area contributed by atoms with Crippen LogP contribution in [0.3, 0.4) is 0 Å². The number of fused-ring (bicyclic) bond motifs is 2. The van der Waals surface area contributed by atoms with Gasteiger partial charge >= 0.3 is 0 Å². The van der Waals surface area contributed by atoms with Crippen LogP contribution >= 0.6 is 0 Å². The standard InChI is InChI=1S/C19H18N2O4/c1-20-13-10-24-21-8-7-19-6-5-11(22)9-15(19)25-18-14(23-2)4-3-12(16(18)19)17(13)21/h3-6,10-11,15,17,22H,7-9H2,2H3/t11-,15-,17+,19-/m0/s1. The summed E-state index contributed by atoms with van der Waals surface area (Å²) in [6.45, 7) is 8.17. The van der Waals surface area contributed by atoms with Gasteiger partial charge in [-0.05, 0) is 18.1 Å². The van der Waals surface area contributed by atoms with Gasteiger partial charge in [-0.1, -0.05) is 18.2 Å². The Morgan fingerprint density at radius 3 is 3.12 bits per heavy atom. The fourth-order valence-electron chi connectivity index (χ4n) is 4.65. The number of rotatable bonds is 1. The second kappa shape index (κ2) is 5.01. The van der Waals surface area contributed by atoms with E-state index in [1.807, 2.05) is 23.3 Å². The predicted molar refractivity (Wildman–Crippen MR) is 88.7 cm³/mol. The number of hydrogen-bond acceptors (Lipinski definition) is 5. The third-order valence-electron chi connectivity index (χ3n) is 5.79. The van der Waals surface area contributed by atoms with E-state index < -0.39 is 6.10 Å². The van der Waals surface area contributed by atoms with Crippen LogP contribution in [0.15, 0.2) is 36.2 Å². The van der Waals surface area contributed by atoms with Crippen molar-refractivity contribution in [1.82, 2.24) is 5.06 Å². The van der Waals surface area contributed by atoms with Crippen molar-refractivity contribution < 1.29 is 19.4 Å². The average molecular weight is 338 g/mol. The summed E-state index contributed by atoms with van der Waals surface area (Å²) in [6, 6.07) is 3.68. The highest BCUT2D eigenvalue weighted by atomic mass is 16.7. The van der Waals surface area contributed by atoms with Crippen molar-refractivity contribution in [2.75, 3.05) is 13.7 Å². The van der Waals surface area contributed by atoms with Gasteiger partial charge in [-0.3, -0.25) is 0 Å². The zero-order valence-electron chi connectivity index (χ0n) is 13.8. The monoisotopic (exact) mass is 338 g/mol. The molecular formula is C19H18N2O4. The van der Waals surface area contributed by atoms with Crippen LogP contribution < -0.4 is 9.47 Å². The van der Waals surface area contributed by atoms with Crippen LogP contribution in [-0.4, -0.2) is 36.0 Å². The Morgan fingerprint density at radius 2 is 2.32 bits per heavy atom. The minimum absolute atomic E-state index is 0.141. The number of aliphatic hydroxyl groups excluding tert-OH is 1. The van der Waals surface area contributed by atoms with Crippen LogP contribution in [0.25, 0.3) is 4.85 Å². The third kappa shape index (κ3) is 1.80. The summed E-state index contributed by atoms with van der Waals surface area (Å²) in [6.07, 6.45) is 6.19. The Hall–Kier alpha value is -2.49. The molecule has 4 atom stereocenters. The van der Waals surface area contributed by atoms with Gasteiger partial charge in [-0.2, -0.15) is 0 Å². The van der Waals surface area contributed by atoms with Crippen molar-refractivity contribution >= 4 is 0 Å². The fraction of sp³-hybridized carbons (Fsp3) is 0.421. The van der Waals surface area contributed by atoms with Gasteiger partial charge in [0.05, 0.1) is 25.2 Å². The molecule has 3 heterocycles. The predicted octanol–water partition coefficient (Wildman–Crippen LogP) is 2.47. The van der Waals surface area contributed by atoms with E-state index in [4.69, 9.17) is 20.9 Å². The first-order valence-corrected chi connectivity index (χ1v) is 8.44. The molecule has 0 radical (unpaired) electrons. The first-order chi connectivity index (χ1) is 12.2. The van der Waals surface area contributed by atoms with Gasteiger partial charge in [-0.15, -0.1) is 5.06 Å². The number of methoxy groups -OCH3 is 1. The molecule has 1 spiro atoms. The number of aliphatic hydroxyl groups is 1. The molecule has 0 aromatic heterocycles. The van der Waals surface area contributed by atoms with Crippen LogP contribution in [0.1, 0.15) is 30.0 Å². The van der Waals surface area contributed by atoms with Crippen molar-refractivity contribution in [2.24, 2.45) is 0 Å². The van der Waals surface area contributed by atoms with Crippen molar-refractivity contribution in [3.8, 4) is 11.5 Å². The highest BCUT2D eigenvalue weighted by Gasteiger charge is 2.55. The quantitative estimate of drug-likeness (QED) is 0.630. The van der Waals surface area contributed by atoms with E-state index >= 15 is 0 Å². The van der Waals surface area contributed by atoms with Crippen molar-refractivity contribution in [1.29, 1.82) is 0 Å². The summed E-state index contributed by atoms with van der Waals surface area (Å²) >= 11 is 0. The highest BCUT2D eigenvalue weighted by Crippen LogP contribution is 2.58. The molecule has 6 heteroatoms. The summed E-state index contributed by atoms with van der Waals surface area (Å²) in [5.74, 6) is 1.43. The largest absolute Gasteiger partial charge is 0.493 e. The van der Waals surface area contributed by atoms with Crippen LogP contribution in [-0.2, 0) is 10.3 Å². The van der Waals surface area contributed by atoms with E-state index in [9.17, 15) is 5.11 Å². The second-order valence-corrected chi connectivity index (χ2v) is 6.92. The van der Waals surface area contributed by atoms with Crippen molar-refractivity contribution in [3.63, 3.8) is 0 Å². The first kappa shape index (κ1) is 14.8. The second-order valence-electron chi connectivity index (χ2n) is 6.92. The maximum atomic E-state index is 10.1. The molecule has 1 aromatic carbocycles. The molecule has 1 N–H and O–H groups in total. The summed E-state index contributed by atoms with van der Waals surface area (Å²) in [5, 5.41) is 12.0. The number of hydrogen-bond donors (Lipinski definition) is 1. The van der Waals surface area contributed by atoms with Crippen LogP contribution in [0.2, 0.25) is 0 Å². The fourth-order valence-corrected chi connectivity index (χ4v) is 4.65. The van der Waals surface area contributed by atoms with Crippen molar-refractivity contribution in [2.45, 2.75) is 36.5 Å². The Bertz CT molecular complexity index is 856. The van der Waals surface area contributed by atoms with Gasteiger partial charge in [0.2, 0.25) is 5.70 Å². The van der Waals surface area contributed by atoms with Gasteiger partial charge in [0.15, 0.2) is 11.5 Å². The summed E-state index contributed by atoms with van der Waals surface area (Å²) in [5.41, 5.74) is 2.36. The molecule has 0 fully saturated rings. The molecule has 25 heavy (non-hydrogen) atoms. The number of nitrogens with zero attached hydrogens (tertiary/aromatic N) is 2.